The molecule has 0 fully saturated rings. The fourth-order valence-electron chi connectivity index (χ4n) is 1.70. The predicted octanol–water partition coefficient (Wildman–Crippen LogP) is -0.186. The van der Waals surface area contributed by atoms with Gasteiger partial charge in [-0.05, 0) is 12.1 Å². The molecule has 1 aromatic rings. The molecule has 0 spiro atoms. The second-order valence-electron chi connectivity index (χ2n) is 3.80. The van der Waals surface area contributed by atoms with Crippen LogP contribution < -0.4 is 16.4 Å². The second kappa shape index (κ2) is 6.00. The second-order valence-corrected chi connectivity index (χ2v) is 5.79. The van der Waals surface area contributed by atoms with E-state index in [4.69, 9.17) is 11.5 Å². The molecule has 0 saturated carbocycles. The summed E-state index contributed by atoms with van der Waals surface area (Å²) in [5, 5.41) is 0. The summed E-state index contributed by atoms with van der Waals surface area (Å²) in [5.74, 6) is 0. The summed E-state index contributed by atoms with van der Waals surface area (Å²) in [6.07, 6.45) is 1.20. The van der Waals surface area contributed by atoms with Gasteiger partial charge in [-0.2, -0.15) is 0 Å². The van der Waals surface area contributed by atoms with E-state index in [2.05, 4.69) is 0 Å². The van der Waals surface area contributed by atoms with Crippen LogP contribution in [0.2, 0.25) is 0 Å². The summed E-state index contributed by atoms with van der Waals surface area (Å²) in [4.78, 5) is 2.22. The van der Waals surface area contributed by atoms with Crippen LogP contribution in [0.5, 0.6) is 0 Å². The number of anilines is 1. The molecular weight excluding hydrogens is 238 g/mol. The summed E-state index contributed by atoms with van der Waals surface area (Å²) < 4.78 is 23.4. The number of hydrogen-bond acceptors (Lipinski definition) is 5. The van der Waals surface area contributed by atoms with Gasteiger partial charge < -0.3 is 16.4 Å². The van der Waals surface area contributed by atoms with Gasteiger partial charge in [-0.3, -0.25) is 0 Å². The van der Waals surface area contributed by atoms with Gasteiger partial charge in [-0.25, -0.2) is 8.42 Å². The highest BCUT2D eigenvalue weighted by Crippen LogP contribution is 2.24. The highest BCUT2D eigenvalue weighted by atomic mass is 32.2. The standard InChI is InChI=1S/C11H19N3O2S/c1-17(15,16)11-5-3-2-4-10(11)14(8-6-12)9-7-13/h2-5H,6-9,12-13H2,1H3. The molecule has 0 heterocycles. The van der Waals surface area contributed by atoms with Crippen LogP contribution in [0.25, 0.3) is 0 Å². The van der Waals surface area contributed by atoms with Crippen molar-refractivity contribution in [2.24, 2.45) is 11.5 Å². The average Bonchev–Trinajstić information content (AvgIpc) is 2.28. The van der Waals surface area contributed by atoms with Crippen molar-refractivity contribution >= 4 is 15.5 Å². The van der Waals surface area contributed by atoms with E-state index in [1.165, 1.54) is 6.26 Å². The lowest BCUT2D eigenvalue weighted by Crippen LogP contribution is -2.34. The number of hydrogen-bond donors (Lipinski definition) is 2. The lowest BCUT2D eigenvalue weighted by atomic mass is 10.3. The molecule has 0 amide bonds. The Balaban J connectivity index is 3.18. The molecule has 6 heteroatoms. The summed E-state index contributed by atoms with van der Waals surface area (Å²) in [5.41, 5.74) is 11.7. The Morgan fingerprint density at radius 2 is 1.65 bits per heavy atom. The zero-order valence-corrected chi connectivity index (χ0v) is 10.8. The Morgan fingerprint density at radius 3 is 2.12 bits per heavy atom. The third kappa shape index (κ3) is 3.69. The molecule has 1 aromatic carbocycles. The molecule has 0 aliphatic carbocycles. The lowest BCUT2D eigenvalue weighted by molar-refractivity contribution is 0.601. The summed E-state index contributed by atoms with van der Waals surface area (Å²) in [6.45, 7) is 2.09. The van der Waals surface area contributed by atoms with E-state index in [1.54, 1.807) is 18.2 Å². The van der Waals surface area contributed by atoms with Crippen LogP contribution in [0.4, 0.5) is 5.69 Å². The molecule has 4 N–H and O–H groups in total. The summed E-state index contributed by atoms with van der Waals surface area (Å²) in [7, 11) is -3.24. The van der Waals surface area contributed by atoms with Gasteiger partial charge in [-0.15, -0.1) is 0 Å². The molecule has 0 aromatic heterocycles. The molecule has 0 unspecified atom stereocenters. The van der Waals surface area contributed by atoms with Gasteiger partial charge in [0.15, 0.2) is 9.84 Å². The zero-order valence-electron chi connectivity index (χ0n) is 9.96. The third-order valence-electron chi connectivity index (χ3n) is 2.40. The van der Waals surface area contributed by atoms with Crippen molar-refractivity contribution in [3.63, 3.8) is 0 Å². The Labute approximate surface area is 102 Å². The number of nitrogens with zero attached hydrogens (tertiary/aromatic N) is 1. The van der Waals surface area contributed by atoms with Crippen molar-refractivity contribution in [2.45, 2.75) is 4.90 Å². The fraction of sp³-hybridized carbons (Fsp3) is 0.455. The minimum Gasteiger partial charge on any atom is -0.368 e. The minimum atomic E-state index is -3.24. The van der Waals surface area contributed by atoms with Crippen LogP contribution in [-0.4, -0.2) is 40.9 Å². The van der Waals surface area contributed by atoms with Crippen molar-refractivity contribution in [1.82, 2.24) is 0 Å². The van der Waals surface area contributed by atoms with Crippen LogP contribution in [0.15, 0.2) is 29.2 Å². The topological polar surface area (TPSA) is 89.4 Å². The van der Waals surface area contributed by atoms with E-state index >= 15 is 0 Å². The molecule has 1 rings (SSSR count). The van der Waals surface area contributed by atoms with Gasteiger partial charge in [0.1, 0.15) is 0 Å². The van der Waals surface area contributed by atoms with E-state index < -0.39 is 9.84 Å². The van der Waals surface area contributed by atoms with Gasteiger partial charge in [0.25, 0.3) is 0 Å². The van der Waals surface area contributed by atoms with Crippen molar-refractivity contribution in [3.8, 4) is 0 Å². The molecule has 0 saturated heterocycles. The van der Waals surface area contributed by atoms with Gasteiger partial charge in [-0.1, -0.05) is 12.1 Å². The van der Waals surface area contributed by atoms with Gasteiger partial charge in [0.05, 0.1) is 10.6 Å². The SMILES string of the molecule is CS(=O)(=O)c1ccccc1N(CCN)CCN. The molecule has 17 heavy (non-hydrogen) atoms. The predicted molar refractivity (Wildman–Crippen MR) is 69.9 cm³/mol. The molecule has 0 atom stereocenters. The van der Waals surface area contributed by atoms with Gasteiger partial charge >= 0.3 is 0 Å². The highest BCUT2D eigenvalue weighted by molar-refractivity contribution is 7.90. The molecule has 0 aliphatic rings. The van der Waals surface area contributed by atoms with Crippen LogP contribution in [-0.2, 0) is 9.84 Å². The minimum absolute atomic E-state index is 0.321. The maximum atomic E-state index is 11.7. The molecule has 5 nitrogen and oxygen atoms in total. The van der Waals surface area contributed by atoms with E-state index in [9.17, 15) is 8.42 Å². The summed E-state index contributed by atoms with van der Waals surface area (Å²) >= 11 is 0. The maximum absolute atomic E-state index is 11.7. The first-order valence-electron chi connectivity index (χ1n) is 5.45. The number of benzene rings is 1. The molecule has 0 bridgehead atoms. The monoisotopic (exact) mass is 257 g/mol. The fourth-order valence-corrected chi connectivity index (χ4v) is 2.60. The Morgan fingerprint density at radius 1 is 1.12 bits per heavy atom. The Hall–Kier alpha value is -1.11. The maximum Gasteiger partial charge on any atom is 0.177 e. The quantitative estimate of drug-likeness (QED) is 0.737. The normalized spacial score (nSPS) is 11.5. The first kappa shape index (κ1) is 14.0. The molecule has 0 aliphatic heterocycles. The Kier molecular flexibility index (Phi) is 4.92. The molecule has 96 valence electrons. The van der Waals surface area contributed by atoms with Gasteiger partial charge in [0, 0.05) is 32.4 Å². The van der Waals surface area contributed by atoms with E-state index in [0.717, 1.165) is 0 Å². The number of sulfone groups is 1. The first-order valence-corrected chi connectivity index (χ1v) is 7.34. The van der Waals surface area contributed by atoms with E-state index in [1.807, 2.05) is 11.0 Å². The molecular formula is C11H19N3O2S. The van der Waals surface area contributed by atoms with Gasteiger partial charge in [0.2, 0.25) is 0 Å². The smallest absolute Gasteiger partial charge is 0.177 e. The average molecular weight is 257 g/mol. The largest absolute Gasteiger partial charge is 0.368 e. The van der Waals surface area contributed by atoms with Crippen molar-refractivity contribution in [2.75, 3.05) is 37.3 Å². The van der Waals surface area contributed by atoms with Crippen LogP contribution in [0.3, 0.4) is 0 Å². The lowest BCUT2D eigenvalue weighted by Gasteiger charge is -2.25. The van der Waals surface area contributed by atoms with Crippen LogP contribution >= 0.6 is 0 Å². The van der Waals surface area contributed by atoms with Crippen LogP contribution in [0, 0.1) is 0 Å². The van der Waals surface area contributed by atoms with Crippen molar-refractivity contribution in [1.29, 1.82) is 0 Å². The number of para-hydroxylation sites is 1. The van der Waals surface area contributed by atoms with Crippen molar-refractivity contribution in [3.05, 3.63) is 24.3 Å². The van der Waals surface area contributed by atoms with E-state index in [-0.39, 0.29) is 0 Å². The third-order valence-corrected chi connectivity index (χ3v) is 3.55. The number of rotatable bonds is 6. The first-order chi connectivity index (χ1) is 8.00. The summed E-state index contributed by atoms with van der Waals surface area (Å²) in [6, 6.07) is 6.90. The highest BCUT2D eigenvalue weighted by Gasteiger charge is 2.16. The zero-order chi connectivity index (χ0) is 12.9. The van der Waals surface area contributed by atoms with Crippen LogP contribution in [0.1, 0.15) is 0 Å². The van der Waals surface area contributed by atoms with Crippen molar-refractivity contribution < 1.29 is 8.42 Å². The Bertz CT molecular complexity index is 454. The van der Waals surface area contributed by atoms with E-state index in [0.29, 0.717) is 36.8 Å². The number of nitrogens with two attached hydrogens (primary N) is 2. The molecule has 0 radical (unpaired) electrons.